The third kappa shape index (κ3) is 5.72. The lowest BCUT2D eigenvalue weighted by Crippen LogP contribution is -2.25. The fraction of sp³-hybridized carbons (Fsp3) is 0.467. The third-order valence-electron chi connectivity index (χ3n) is 2.98. The summed E-state index contributed by atoms with van der Waals surface area (Å²) in [4.78, 5) is 13.9. The van der Waals surface area contributed by atoms with Crippen molar-refractivity contribution in [2.75, 3.05) is 31.2 Å². The van der Waals surface area contributed by atoms with Crippen molar-refractivity contribution in [1.29, 1.82) is 5.26 Å². The van der Waals surface area contributed by atoms with Gasteiger partial charge in [0.1, 0.15) is 0 Å². The molecule has 20 heavy (non-hydrogen) atoms. The molecule has 1 rings (SSSR count). The van der Waals surface area contributed by atoms with E-state index in [9.17, 15) is 4.79 Å². The number of nitrogens with one attached hydrogen (secondary N) is 1. The highest BCUT2D eigenvalue weighted by molar-refractivity contribution is 5.93. The second kappa shape index (κ2) is 8.18. The van der Waals surface area contributed by atoms with E-state index in [2.05, 4.69) is 16.3 Å². The number of hydrogen-bond donors (Lipinski definition) is 2. The molecule has 0 aliphatic heterocycles. The molecule has 0 saturated carbocycles. The van der Waals surface area contributed by atoms with Crippen LogP contribution in [0.15, 0.2) is 24.3 Å². The monoisotopic (exact) mass is 274 g/mol. The summed E-state index contributed by atoms with van der Waals surface area (Å²) in [5, 5.41) is 11.5. The Labute approximate surface area is 120 Å². The quantitative estimate of drug-likeness (QED) is 0.746. The van der Waals surface area contributed by atoms with Gasteiger partial charge in [-0.1, -0.05) is 12.1 Å². The van der Waals surface area contributed by atoms with E-state index in [1.807, 2.05) is 26.1 Å². The molecule has 1 aromatic rings. The average Bonchev–Trinajstić information content (AvgIpc) is 2.41. The zero-order valence-electron chi connectivity index (χ0n) is 12.1. The smallest absolute Gasteiger partial charge is 0.224 e. The zero-order chi connectivity index (χ0) is 15.0. The van der Waals surface area contributed by atoms with Gasteiger partial charge in [0.05, 0.1) is 23.4 Å². The van der Waals surface area contributed by atoms with Crippen LogP contribution in [0.1, 0.15) is 19.8 Å². The molecule has 0 spiro atoms. The molecule has 0 aliphatic rings. The summed E-state index contributed by atoms with van der Waals surface area (Å²) < 4.78 is 0. The van der Waals surface area contributed by atoms with Gasteiger partial charge in [-0.15, -0.1) is 0 Å². The van der Waals surface area contributed by atoms with Crippen molar-refractivity contribution in [3.63, 3.8) is 0 Å². The van der Waals surface area contributed by atoms with Gasteiger partial charge in [-0.3, -0.25) is 4.79 Å². The Hall–Kier alpha value is -2.06. The van der Waals surface area contributed by atoms with Gasteiger partial charge in [-0.05, 0) is 39.1 Å². The van der Waals surface area contributed by atoms with Crippen molar-refractivity contribution in [2.45, 2.75) is 19.8 Å². The molecule has 0 fully saturated rings. The van der Waals surface area contributed by atoms with Crippen LogP contribution < -0.4 is 11.1 Å². The molecule has 5 nitrogen and oxygen atoms in total. The van der Waals surface area contributed by atoms with Gasteiger partial charge in [0.15, 0.2) is 0 Å². The van der Waals surface area contributed by atoms with Crippen LogP contribution in [0.5, 0.6) is 0 Å². The summed E-state index contributed by atoms with van der Waals surface area (Å²) in [6.07, 6.45) is 1.20. The maximum Gasteiger partial charge on any atom is 0.224 e. The highest BCUT2D eigenvalue weighted by atomic mass is 16.1. The fourth-order valence-corrected chi connectivity index (χ4v) is 1.93. The summed E-state index contributed by atoms with van der Waals surface area (Å²) in [6, 6.07) is 9.41. The summed E-state index contributed by atoms with van der Waals surface area (Å²) in [5.41, 5.74) is 6.99. The fourth-order valence-electron chi connectivity index (χ4n) is 1.93. The lowest BCUT2D eigenvalue weighted by atomic mass is 10.2. The molecular formula is C15H22N4O. The van der Waals surface area contributed by atoms with Crippen LogP contribution in [0.2, 0.25) is 0 Å². The molecule has 3 N–H and O–H groups in total. The van der Waals surface area contributed by atoms with Gasteiger partial charge in [0.2, 0.25) is 5.91 Å². The first-order valence-electron chi connectivity index (χ1n) is 6.75. The molecular weight excluding hydrogens is 252 g/mol. The van der Waals surface area contributed by atoms with E-state index in [0.717, 1.165) is 19.5 Å². The van der Waals surface area contributed by atoms with E-state index in [0.29, 0.717) is 17.8 Å². The molecule has 5 heteroatoms. The molecule has 0 heterocycles. The van der Waals surface area contributed by atoms with Crippen molar-refractivity contribution in [2.24, 2.45) is 5.92 Å². The molecule has 108 valence electrons. The predicted octanol–water partition coefficient (Wildman–Crippen LogP) is 2.08. The first-order chi connectivity index (χ1) is 9.52. The van der Waals surface area contributed by atoms with Crippen molar-refractivity contribution in [3.05, 3.63) is 24.3 Å². The second-order valence-corrected chi connectivity index (χ2v) is 5.03. The third-order valence-corrected chi connectivity index (χ3v) is 2.98. The molecule has 0 radical (unpaired) electrons. The van der Waals surface area contributed by atoms with Crippen LogP contribution in [0.25, 0.3) is 0 Å². The minimum absolute atomic E-state index is 0.0120. The van der Waals surface area contributed by atoms with E-state index in [1.165, 1.54) is 0 Å². The van der Waals surface area contributed by atoms with Gasteiger partial charge in [0.25, 0.3) is 0 Å². The van der Waals surface area contributed by atoms with Crippen LogP contribution in [0.3, 0.4) is 0 Å². The number of nitrogens with two attached hydrogens (primary N) is 1. The number of amides is 1. The van der Waals surface area contributed by atoms with Crippen LogP contribution in [0.4, 0.5) is 11.4 Å². The number of rotatable bonds is 7. The number of nitrogen functional groups attached to an aromatic ring is 1. The molecule has 1 atom stereocenters. The van der Waals surface area contributed by atoms with Gasteiger partial charge < -0.3 is 16.0 Å². The molecule has 0 aliphatic carbocycles. The Kier molecular flexibility index (Phi) is 6.54. The van der Waals surface area contributed by atoms with E-state index in [-0.39, 0.29) is 11.8 Å². The largest absolute Gasteiger partial charge is 0.397 e. The number of hydrogen-bond acceptors (Lipinski definition) is 4. The highest BCUT2D eigenvalue weighted by Gasteiger charge is 2.07. The molecule has 1 aromatic carbocycles. The summed E-state index contributed by atoms with van der Waals surface area (Å²) in [7, 11) is 1.96. The summed E-state index contributed by atoms with van der Waals surface area (Å²) in [6.45, 7) is 3.41. The van der Waals surface area contributed by atoms with Gasteiger partial charge in [-0.2, -0.15) is 5.26 Å². The van der Waals surface area contributed by atoms with E-state index >= 15 is 0 Å². The van der Waals surface area contributed by atoms with E-state index in [1.54, 1.807) is 12.1 Å². The standard InChI is InChI=1S/C15H22N4O/c1-12(10-16)11-19(2)9-5-8-15(20)18-14-7-4-3-6-13(14)17/h3-4,6-7,12H,5,8-9,11,17H2,1-2H3,(H,18,20). The maximum atomic E-state index is 11.8. The Morgan fingerprint density at radius 1 is 1.50 bits per heavy atom. The first-order valence-corrected chi connectivity index (χ1v) is 6.75. The second-order valence-electron chi connectivity index (χ2n) is 5.03. The summed E-state index contributed by atoms with van der Waals surface area (Å²) >= 11 is 0. The normalized spacial score (nSPS) is 11.9. The highest BCUT2D eigenvalue weighted by Crippen LogP contribution is 2.16. The Balaban J connectivity index is 2.27. The minimum atomic E-state index is -0.0374. The van der Waals surface area contributed by atoms with Gasteiger partial charge >= 0.3 is 0 Å². The van der Waals surface area contributed by atoms with Crippen LogP contribution in [0, 0.1) is 17.2 Å². The van der Waals surface area contributed by atoms with Crippen molar-refractivity contribution >= 4 is 17.3 Å². The Morgan fingerprint density at radius 2 is 2.20 bits per heavy atom. The number of nitriles is 1. The van der Waals surface area contributed by atoms with E-state index in [4.69, 9.17) is 11.0 Å². The topological polar surface area (TPSA) is 82.2 Å². The molecule has 0 bridgehead atoms. The van der Waals surface area contributed by atoms with Crippen molar-refractivity contribution in [1.82, 2.24) is 4.90 Å². The van der Waals surface area contributed by atoms with Crippen LogP contribution in [-0.2, 0) is 4.79 Å². The lowest BCUT2D eigenvalue weighted by Gasteiger charge is -2.17. The van der Waals surface area contributed by atoms with Crippen molar-refractivity contribution < 1.29 is 4.79 Å². The summed E-state index contributed by atoms with van der Waals surface area (Å²) in [5.74, 6) is -0.0254. The first kappa shape index (κ1) is 16.0. The number of carbonyl (C=O) groups is 1. The Morgan fingerprint density at radius 3 is 2.85 bits per heavy atom. The SMILES string of the molecule is CC(C#N)CN(C)CCCC(=O)Nc1ccccc1N. The molecule has 1 unspecified atom stereocenters. The Bertz CT molecular complexity index is 481. The van der Waals surface area contributed by atoms with Crippen LogP contribution in [-0.4, -0.2) is 30.9 Å². The van der Waals surface area contributed by atoms with E-state index < -0.39 is 0 Å². The van der Waals surface area contributed by atoms with Crippen molar-refractivity contribution in [3.8, 4) is 6.07 Å². The number of nitrogens with zero attached hydrogens (tertiary/aromatic N) is 2. The number of carbonyl (C=O) groups excluding carboxylic acids is 1. The number of para-hydroxylation sites is 2. The molecule has 1 amide bonds. The number of benzene rings is 1. The maximum absolute atomic E-state index is 11.8. The van der Waals surface area contributed by atoms with Crippen LogP contribution >= 0.6 is 0 Å². The van der Waals surface area contributed by atoms with Gasteiger partial charge in [0, 0.05) is 13.0 Å². The lowest BCUT2D eigenvalue weighted by molar-refractivity contribution is -0.116. The van der Waals surface area contributed by atoms with Gasteiger partial charge in [-0.25, -0.2) is 0 Å². The minimum Gasteiger partial charge on any atom is -0.397 e. The predicted molar refractivity (Wildman–Crippen MR) is 81.0 cm³/mol. The zero-order valence-corrected chi connectivity index (χ0v) is 12.1. The average molecular weight is 274 g/mol. The molecule has 0 saturated heterocycles. The number of anilines is 2. The molecule has 0 aromatic heterocycles.